The average Bonchev–Trinajstić information content (AvgIpc) is 2.88. The Kier molecular flexibility index (Phi) is 9.25. The molecule has 0 heterocycles. The maximum atomic E-state index is 14.2. The average molecular weight is 551 g/mol. The van der Waals surface area contributed by atoms with E-state index in [1.165, 1.54) is 14.2 Å². The van der Waals surface area contributed by atoms with E-state index >= 15 is 0 Å². The summed E-state index contributed by atoms with van der Waals surface area (Å²) >= 11 is 0. The number of ether oxygens (including phenoxy) is 2. The number of hydrogen-bond acceptors (Lipinski definition) is 7. The molecule has 3 aromatic rings. The molecule has 206 valence electrons. The van der Waals surface area contributed by atoms with Gasteiger partial charge < -0.3 is 14.4 Å². The summed E-state index contributed by atoms with van der Waals surface area (Å²) in [5.41, 5.74) is 3.15. The molecule has 0 unspecified atom stereocenters. The number of sulfonamides is 1. The number of rotatable bonds is 10. The van der Waals surface area contributed by atoms with Crippen LogP contribution >= 0.6 is 0 Å². The lowest BCUT2D eigenvalue weighted by Gasteiger charge is -2.32. The second kappa shape index (κ2) is 12.2. The van der Waals surface area contributed by atoms with E-state index in [1.807, 2.05) is 30.9 Å². The van der Waals surface area contributed by atoms with Crippen LogP contribution in [0.1, 0.15) is 30.0 Å². The Labute approximate surface area is 230 Å². The first-order valence-corrected chi connectivity index (χ1v) is 13.9. The van der Waals surface area contributed by atoms with Crippen LogP contribution in [0.3, 0.4) is 0 Å². The summed E-state index contributed by atoms with van der Waals surface area (Å²) in [6.45, 7) is 6.96. The maximum Gasteiger partial charge on any atom is 0.326 e. The summed E-state index contributed by atoms with van der Waals surface area (Å²) in [6, 6.07) is 14.0. The van der Waals surface area contributed by atoms with Crippen LogP contribution in [0.4, 0.5) is 11.4 Å². The number of nitrogens with zero attached hydrogens (tertiary/aromatic N) is 2. The third-order valence-electron chi connectivity index (χ3n) is 6.59. The molecular weight excluding hydrogens is 516 g/mol. The number of esters is 2. The van der Waals surface area contributed by atoms with Crippen molar-refractivity contribution in [3.63, 3.8) is 0 Å². The predicted molar refractivity (Wildman–Crippen MR) is 153 cm³/mol. The first-order valence-electron chi connectivity index (χ1n) is 12.4. The molecule has 9 heteroatoms. The second-order valence-electron chi connectivity index (χ2n) is 9.43. The molecule has 0 bridgehead atoms. The van der Waals surface area contributed by atoms with E-state index < -0.39 is 22.5 Å². The summed E-state index contributed by atoms with van der Waals surface area (Å²) in [4.78, 5) is 26.6. The van der Waals surface area contributed by atoms with Gasteiger partial charge in [0.1, 0.15) is 6.54 Å². The Morgan fingerprint density at radius 3 is 2.00 bits per heavy atom. The molecule has 3 aromatic carbocycles. The molecule has 1 atom stereocenters. The fourth-order valence-electron chi connectivity index (χ4n) is 4.91. The van der Waals surface area contributed by atoms with E-state index in [2.05, 4.69) is 5.92 Å². The minimum Gasteiger partial charge on any atom is -0.469 e. The summed E-state index contributed by atoms with van der Waals surface area (Å²) in [6.07, 6.45) is 5.79. The lowest BCUT2D eigenvalue weighted by atomic mass is 10.0. The van der Waals surface area contributed by atoms with Gasteiger partial charge in [-0.15, -0.1) is 6.42 Å². The van der Waals surface area contributed by atoms with Gasteiger partial charge in [-0.1, -0.05) is 47.9 Å². The molecule has 0 aliphatic rings. The van der Waals surface area contributed by atoms with Crippen molar-refractivity contribution in [1.82, 2.24) is 0 Å². The molecule has 39 heavy (non-hydrogen) atoms. The number of carbonyl (C=O) groups is 2. The number of aryl methyl sites for hydroxylation is 3. The zero-order chi connectivity index (χ0) is 28.9. The Balaban J connectivity index is 2.27. The van der Waals surface area contributed by atoms with Gasteiger partial charge in [0.25, 0.3) is 10.0 Å². The van der Waals surface area contributed by atoms with Gasteiger partial charge in [0.15, 0.2) is 0 Å². The molecule has 0 spiro atoms. The lowest BCUT2D eigenvalue weighted by Crippen LogP contribution is -2.38. The van der Waals surface area contributed by atoms with Crippen molar-refractivity contribution in [2.24, 2.45) is 0 Å². The summed E-state index contributed by atoms with van der Waals surface area (Å²) in [7, 11) is -1.63. The lowest BCUT2D eigenvalue weighted by molar-refractivity contribution is -0.141. The third kappa shape index (κ3) is 6.18. The summed E-state index contributed by atoms with van der Waals surface area (Å²) < 4.78 is 39.2. The van der Waals surface area contributed by atoms with Gasteiger partial charge in [0, 0.05) is 22.5 Å². The van der Waals surface area contributed by atoms with E-state index in [9.17, 15) is 18.0 Å². The first kappa shape index (κ1) is 29.5. The highest BCUT2D eigenvalue weighted by Gasteiger charge is 2.32. The van der Waals surface area contributed by atoms with Crippen LogP contribution in [-0.4, -0.2) is 53.7 Å². The van der Waals surface area contributed by atoms with E-state index in [-0.39, 0.29) is 29.9 Å². The number of benzene rings is 3. The molecule has 0 fully saturated rings. The van der Waals surface area contributed by atoms with Crippen LogP contribution in [0.25, 0.3) is 10.8 Å². The Hall–Kier alpha value is -4.03. The Bertz CT molecular complexity index is 1520. The minimum absolute atomic E-state index is 0.114. The Morgan fingerprint density at radius 1 is 0.923 bits per heavy atom. The first-order chi connectivity index (χ1) is 18.5. The fourth-order valence-corrected chi connectivity index (χ4v) is 6.76. The van der Waals surface area contributed by atoms with Crippen LogP contribution in [-0.2, 0) is 29.1 Å². The van der Waals surface area contributed by atoms with Crippen LogP contribution in [0.5, 0.6) is 0 Å². The van der Waals surface area contributed by atoms with Gasteiger partial charge in [-0.3, -0.25) is 13.9 Å². The molecule has 0 aromatic heterocycles. The van der Waals surface area contributed by atoms with Crippen molar-refractivity contribution >= 4 is 44.1 Å². The van der Waals surface area contributed by atoms with Crippen LogP contribution in [0.2, 0.25) is 0 Å². The highest BCUT2D eigenvalue weighted by Crippen LogP contribution is 2.38. The summed E-state index contributed by atoms with van der Waals surface area (Å²) in [5.74, 6) is 1.57. The number of hydrogen-bond donors (Lipinski definition) is 0. The van der Waals surface area contributed by atoms with Crippen molar-refractivity contribution in [1.29, 1.82) is 0 Å². The third-order valence-corrected chi connectivity index (χ3v) is 8.66. The van der Waals surface area contributed by atoms with Gasteiger partial charge in [-0.25, -0.2) is 8.42 Å². The standard InChI is InChI=1S/C30H34N2O6S/c1-8-15-31(23(5)18-28(33)37-6)26-13-14-27(25-12-10-9-11-24(25)26)32(19-29(34)38-7)39(35,36)30-21(3)16-20(2)17-22(30)4/h1,9-14,16-17,23H,15,18-19H2,2-7H3/t23-/m0/s1. The molecule has 0 aliphatic carbocycles. The topological polar surface area (TPSA) is 93.2 Å². The molecular formula is C30H34N2O6S. The Morgan fingerprint density at radius 2 is 1.46 bits per heavy atom. The summed E-state index contributed by atoms with van der Waals surface area (Å²) in [5, 5.41) is 1.31. The minimum atomic E-state index is -4.18. The fraction of sp³-hybridized carbons (Fsp3) is 0.333. The van der Waals surface area contributed by atoms with E-state index in [0.29, 0.717) is 27.6 Å². The van der Waals surface area contributed by atoms with Gasteiger partial charge in [-0.2, -0.15) is 0 Å². The zero-order valence-corrected chi connectivity index (χ0v) is 24.0. The molecule has 0 saturated heterocycles. The largest absolute Gasteiger partial charge is 0.469 e. The molecule has 0 radical (unpaired) electrons. The smallest absolute Gasteiger partial charge is 0.326 e. The quantitative estimate of drug-likeness (QED) is 0.271. The van der Waals surface area contributed by atoms with Gasteiger partial charge in [0.05, 0.1) is 37.8 Å². The molecule has 0 N–H and O–H groups in total. The number of terminal acetylenes is 1. The SMILES string of the molecule is C#CCN(c1ccc(N(CC(=O)OC)S(=O)(=O)c2c(C)cc(C)cc2C)c2ccccc12)[C@@H](C)CC(=O)OC. The van der Waals surface area contributed by atoms with Gasteiger partial charge in [0.2, 0.25) is 0 Å². The van der Waals surface area contributed by atoms with Crippen molar-refractivity contribution in [3.05, 3.63) is 65.2 Å². The zero-order valence-electron chi connectivity index (χ0n) is 23.1. The van der Waals surface area contributed by atoms with Gasteiger partial charge >= 0.3 is 11.9 Å². The van der Waals surface area contributed by atoms with Crippen molar-refractivity contribution in [2.45, 2.75) is 45.1 Å². The number of methoxy groups -OCH3 is 2. The predicted octanol–water partition coefficient (Wildman–Crippen LogP) is 4.52. The second-order valence-corrected chi connectivity index (χ2v) is 11.2. The molecule has 0 aliphatic heterocycles. The van der Waals surface area contributed by atoms with Crippen LogP contribution < -0.4 is 9.21 Å². The molecule has 8 nitrogen and oxygen atoms in total. The van der Waals surface area contributed by atoms with Crippen LogP contribution in [0.15, 0.2) is 53.4 Å². The highest BCUT2D eigenvalue weighted by atomic mass is 32.2. The normalized spacial score (nSPS) is 11.9. The molecule has 0 amide bonds. The monoisotopic (exact) mass is 550 g/mol. The van der Waals surface area contributed by atoms with Crippen molar-refractivity contribution in [3.8, 4) is 12.3 Å². The van der Waals surface area contributed by atoms with E-state index in [0.717, 1.165) is 15.6 Å². The number of anilines is 2. The molecule has 3 rings (SSSR count). The van der Waals surface area contributed by atoms with Gasteiger partial charge in [-0.05, 0) is 51.0 Å². The van der Waals surface area contributed by atoms with E-state index in [4.69, 9.17) is 15.9 Å². The van der Waals surface area contributed by atoms with Crippen LogP contribution in [0, 0.1) is 33.1 Å². The highest BCUT2D eigenvalue weighted by molar-refractivity contribution is 7.93. The van der Waals surface area contributed by atoms with Crippen molar-refractivity contribution < 1.29 is 27.5 Å². The maximum absolute atomic E-state index is 14.2. The number of carbonyl (C=O) groups excluding carboxylic acids is 2. The van der Waals surface area contributed by atoms with E-state index in [1.54, 1.807) is 50.2 Å². The molecule has 0 saturated carbocycles. The number of fused-ring (bicyclic) bond motifs is 1. The van der Waals surface area contributed by atoms with Crippen molar-refractivity contribution in [2.75, 3.05) is 36.5 Å².